The molecule has 0 radical (unpaired) electrons. The maximum Gasteiger partial charge on any atom is 2.00 e. The van der Waals surface area contributed by atoms with Gasteiger partial charge in [0.05, 0.1) is 5.97 Å². The second-order valence-corrected chi connectivity index (χ2v) is 2.42. The first-order valence-corrected chi connectivity index (χ1v) is 3.11. The fraction of sp³-hybridized carbons (Fsp3) is 0.500. The molecule has 0 saturated carbocycles. The molecule has 13 heteroatoms. The van der Waals surface area contributed by atoms with Crippen LogP contribution in [-0.4, -0.2) is 142 Å². The molecule has 1 N–H and O–H groups in total. The van der Waals surface area contributed by atoms with Gasteiger partial charge < -0.3 is 43.4 Å². The van der Waals surface area contributed by atoms with Crippen LogP contribution in [0.4, 0.5) is 0 Å². The van der Waals surface area contributed by atoms with Crippen LogP contribution in [0.1, 0.15) is 21.4 Å². The van der Waals surface area contributed by atoms with Gasteiger partial charge in [-0.15, -0.1) is 0 Å². The van der Waals surface area contributed by atoms with Crippen molar-refractivity contribution in [2.75, 3.05) is 0 Å². The molecule has 19 heavy (non-hydrogen) atoms. The molecule has 0 spiro atoms. The van der Waals surface area contributed by atoms with Gasteiger partial charge in [0.25, 0.3) is 0 Å². The van der Waals surface area contributed by atoms with Gasteiger partial charge in [-0.25, -0.2) is 0 Å². The maximum atomic E-state index is 10.1. The second-order valence-electron chi connectivity index (χ2n) is 2.42. The SMILES string of the molecule is O=C([O-])CC(O)(CC(=O)[O-])C(=O)[O-].[Ca+2].[Ca+2].[Ca+2].[H-].[H-].[H-].[H-].[H-].[H-].[Na+].[Na+].[Na+]. The Balaban J connectivity index is -0.0000000109. The summed E-state index contributed by atoms with van der Waals surface area (Å²) in [5.41, 5.74) is -2.97. The Hall–Kier alpha value is 5.15. The van der Waals surface area contributed by atoms with E-state index in [-0.39, 0.29) is 210 Å². The maximum absolute atomic E-state index is 10.1. The van der Waals surface area contributed by atoms with Crippen LogP contribution in [-0.2, 0) is 14.4 Å². The Morgan fingerprint density at radius 3 is 1.16 bits per heavy atom. The molecule has 0 aliphatic rings. The van der Waals surface area contributed by atoms with Crippen molar-refractivity contribution in [1.29, 1.82) is 0 Å². The van der Waals surface area contributed by atoms with E-state index in [1.807, 2.05) is 0 Å². The van der Waals surface area contributed by atoms with E-state index >= 15 is 0 Å². The fourth-order valence-electron chi connectivity index (χ4n) is 0.684. The second kappa shape index (κ2) is 23.1. The van der Waals surface area contributed by atoms with Crippen molar-refractivity contribution < 1.29 is 132 Å². The molecular formula is C6H11Ca3Na3O7. The van der Waals surface area contributed by atoms with Crippen LogP contribution in [0, 0.1) is 0 Å². The molecule has 0 heterocycles. The third-order valence-electron chi connectivity index (χ3n) is 1.25. The topological polar surface area (TPSA) is 141 Å². The molecular weight excluding hydrogens is 373 g/mol. The first-order valence-electron chi connectivity index (χ1n) is 3.11. The Morgan fingerprint density at radius 2 is 1.05 bits per heavy atom. The summed E-state index contributed by atoms with van der Waals surface area (Å²) in [4.78, 5) is 30.0. The van der Waals surface area contributed by atoms with Gasteiger partial charge in [0.1, 0.15) is 5.60 Å². The molecule has 0 aromatic heterocycles. The van der Waals surface area contributed by atoms with Gasteiger partial charge in [-0.3, -0.25) is 0 Å². The minimum Gasteiger partial charge on any atom is -1.00 e. The molecule has 0 unspecified atom stereocenters. The van der Waals surface area contributed by atoms with Crippen molar-refractivity contribution in [3.63, 3.8) is 0 Å². The van der Waals surface area contributed by atoms with Crippen LogP contribution in [0.25, 0.3) is 0 Å². The number of aliphatic carboxylic acids is 3. The molecule has 0 amide bonds. The third kappa shape index (κ3) is 23.1. The van der Waals surface area contributed by atoms with Crippen LogP contribution in [0.5, 0.6) is 0 Å². The zero-order chi connectivity index (χ0) is 10.6. The number of carbonyl (C=O) groups excluding carboxylic acids is 3. The first-order chi connectivity index (χ1) is 5.78. The minimum absolute atomic E-state index is 0. The number of rotatable bonds is 5. The van der Waals surface area contributed by atoms with Crippen molar-refractivity contribution in [2.24, 2.45) is 0 Å². The molecule has 86 valence electrons. The van der Waals surface area contributed by atoms with Gasteiger partial charge in [-0.2, -0.15) is 0 Å². The summed E-state index contributed by atoms with van der Waals surface area (Å²) in [5, 5.41) is 38.9. The Bertz CT molecular complexity index is 270. The van der Waals surface area contributed by atoms with Gasteiger partial charge in [-0.05, 0) is 0 Å². The average molecular weight is 384 g/mol. The van der Waals surface area contributed by atoms with Gasteiger partial charge in [0.2, 0.25) is 0 Å². The third-order valence-corrected chi connectivity index (χ3v) is 1.25. The molecule has 7 nitrogen and oxygen atoms in total. The molecule has 0 atom stereocenters. The number of carboxylic acids is 3. The number of carboxylic acid groups (broad SMARTS) is 3. The number of hydrogen-bond acceptors (Lipinski definition) is 7. The van der Waals surface area contributed by atoms with E-state index in [0.717, 1.165) is 0 Å². The minimum atomic E-state index is -2.97. The molecule has 0 aliphatic heterocycles. The van der Waals surface area contributed by atoms with E-state index in [4.69, 9.17) is 5.11 Å². The summed E-state index contributed by atoms with van der Waals surface area (Å²) >= 11 is 0. The summed E-state index contributed by atoms with van der Waals surface area (Å²) in [5.74, 6) is -5.98. The Kier molecular flexibility index (Phi) is 53.6. The van der Waals surface area contributed by atoms with Crippen molar-refractivity contribution in [2.45, 2.75) is 18.4 Å². The molecule has 0 fully saturated rings. The van der Waals surface area contributed by atoms with Crippen molar-refractivity contribution in [3.8, 4) is 0 Å². The monoisotopic (exact) mass is 384 g/mol. The summed E-state index contributed by atoms with van der Waals surface area (Å²) in [6.45, 7) is 0. The van der Waals surface area contributed by atoms with Crippen LogP contribution >= 0.6 is 0 Å². The van der Waals surface area contributed by atoms with E-state index in [1.165, 1.54) is 0 Å². The molecule has 0 aliphatic carbocycles. The van der Waals surface area contributed by atoms with Crippen molar-refractivity contribution >= 4 is 131 Å². The van der Waals surface area contributed by atoms with Crippen LogP contribution < -0.4 is 104 Å². The van der Waals surface area contributed by atoms with E-state index in [2.05, 4.69) is 0 Å². The summed E-state index contributed by atoms with van der Waals surface area (Å²) in [6.07, 6.45) is -2.72. The first kappa shape index (κ1) is 44.0. The number of hydrogen-bond donors (Lipinski definition) is 1. The largest absolute Gasteiger partial charge is 2.00 e. The fourth-order valence-corrected chi connectivity index (χ4v) is 0.684. The molecule has 0 aromatic rings. The Morgan fingerprint density at radius 1 is 0.842 bits per heavy atom. The predicted molar refractivity (Wildman–Crippen MR) is 53.1 cm³/mol. The quantitative estimate of drug-likeness (QED) is 0.464. The van der Waals surface area contributed by atoms with Gasteiger partial charge >= 0.3 is 202 Å². The molecule has 0 rings (SSSR count). The van der Waals surface area contributed by atoms with E-state index in [9.17, 15) is 29.7 Å². The summed E-state index contributed by atoms with van der Waals surface area (Å²) in [6, 6.07) is 0. The smallest absolute Gasteiger partial charge is 1.00 e. The van der Waals surface area contributed by atoms with E-state index in [0.29, 0.717) is 0 Å². The normalized spacial score (nSPS) is 7.42. The summed E-state index contributed by atoms with van der Waals surface area (Å²) in [7, 11) is 0. The number of aliphatic hydroxyl groups is 1. The van der Waals surface area contributed by atoms with Gasteiger partial charge in [0.15, 0.2) is 0 Å². The molecule has 0 bridgehead atoms. The van der Waals surface area contributed by atoms with E-state index in [1.54, 1.807) is 0 Å². The van der Waals surface area contributed by atoms with E-state index < -0.39 is 36.4 Å². The average Bonchev–Trinajstić information content (AvgIpc) is 1.82. The standard InChI is InChI=1S/C6H8O7.3Ca.3Na.6H/c7-3(8)1-6(13,5(11)12)2-4(9)10;;;;;;;;;;;;/h13H,1-2H2,(H,7,8)(H,9,10)(H,11,12);;;;;;;;;;;;/q;3*+2;3*+1;6*-1/p-3. The zero-order valence-corrected chi connectivity index (χ0v) is 24.1. The van der Waals surface area contributed by atoms with Crippen LogP contribution in [0.15, 0.2) is 0 Å². The summed E-state index contributed by atoms with van der Waals surface area (Å²) < 4.78 is 0. The predicted octanol–water partition coefficient (Wildman–Crippen LogP) is -14.7. The van der Waals surface area contributed by atoms with Crippen LogP contribution in [0.3, 0.4) is 0 Å². The molecule has 0 saturated heterocycles. The zero-order valence-electron chi connectivity index (χ0n) is 17.4. The van der Waals surface area contributed by atoms with Crippen molar-refractivity contribution in [3.05, 3.63) is 0 Å². The van der Waals surface area contributed by atoms with Crippen molar-refractivity contribution in [1.82, 2.24) is 0 Å². The number of carbonyl (C=O) groups is 3. The Labute approximate surface area is 275 Å². The molecule has 0 aromatic carbocycles. The van der Waals surface area contributed by atoms with Gasteiger partial charge in [0, 0.05) is 24.8 Å². The van der Waals surface area contributed by atoms with Gasteiger partial charge in [-0.1, -0.05) is 0 Å². The van der Waals surface area contributed by atoms with Crippen LogP contribution in [0.2, 0.25) is 0 Å².